The Kier molecular flexibility index (Phi) is 16.7. The minimum Gasteiger partial charge on any atom is -0.491 e. The fourth-order valence-corrected chi connectivity index (χ4v) is 9.10. The second-order valence-electron chi connectivity index (χ2n) is 16.7. The summed E-state index contributed by atoms with van der Waals surface area (Å²) >= 11 is 0. The van der Waals surface area contributed by atoms with E-state index in [1.165, 1.54) is 0 Å². The first kappa shape index (κ1) is 53.4. The van der Waals surface area contributed by atoms with Crippen molar-refractivity contribution in [2.24, 2.45) is 0 Å². The quantitative estimate of drug-likeness (QED) is 0.0388. The number of hydrogen-bond acceptors (Lipinski definition) is 17. The highest BCUT2D eigenvalue weighted by atomic mass is 32.2. The van der Waals surface area contributed by atoms with Crippen molar-refractivity contribution in [2.45, 2.75) is 0 Å². The number of aromatic amines is 1. The Bertz CT molecular complexity index is 3710. The lowest BCUT2D eigenvalue weighted by Gasteiger charge is -2.10. The van der Waals surface area contributed by atoms with Gasteiger partial charge in [0.05, 0.1) is 41.5 Å². The Morgan fingerprint density at radius 2 is 0.880 bits per heavy atom. The van der Waals surface area contributed by atoms with E-state index in [1.807, 2.05) is 91.0 Å². The number of nitrogens with one attached hydrogen (secondary N) is 1. The molecule has 6 bridgehead atoms. The van der Waals surface area contributed by atoms with Crippen LogP contribution < -0.4 is 24.7 Å². The maximum Gasteiger partial charge on any atom is 0.298 e. The largest absolute Gasteiger partial charge is 0.491 e. The Morgan fingerprint density at radius 3 is 1.40 bits per heavy atom. The van der Waals surface area contributed by atoms with E-state index in [-0.39, 0.29) is 39.6 Å². The van der Waals surface area contributed by atoms with Crippen LogP contribution in [-0.2, 0) is 47.7 Å². The van der Waals surface area contributed by atoms with Gasteiger partial charge in [-0.1, -0.05) is 60.7 Å². The Morgan fingerprint density at radius 1 is 0.453 bits per heavy atom. The molecule has 2 aliphatic heterocycles. The number of benzene rings is 4. The van der Waals surface area contributed by atoms with Crippen molar-refractivity contribution in [2.75, 3.05) is 64.1 Å². The SMILES string of the molecule is CS(=O)(=O)OCCOc1ccc(-c2c3nc(c(-c4cccc(OCCOS(C)(=O)=O)c4)c(N)cccc(-c4ccc(OC=O)cc4)c4nc(c(-c5cccc(OCCOS(C)(=O)=O)c5)c5ccc2[nH]5)C=C4)C=C3)cc1. The van der Waals surface area contributed by atoms with Crippen molar-refractivity contribution in [3.63, 3.8) is 0 Å². The first-order chi connectivity index (χ1) is 35.9. The Balaban J connectivity index is 1.37. The Labute approximate surface area is 434 Å². The molecule has 75 heavy (non-hydrogen) atoms. The number of carbonyl (C=O) groups is 1. The van der Waals surface area contributed by atoms with Crippen LogP contribution in [0.1, 0.15) is 22.8 Å². The molecule has 18 nitrogen and oxygen atoms in total. The van der Waals surface area contributed by atoms with Crippen molar-refractivity contribution in [3.05, 3.63) is 150 Å². The third-order valence-electron chi connectivity index (χ3n) is 11.1. The summed E-state index contributed by atoms with van der Waals surface area (Å²) in [5, 5.41) is 0. The summed E-state index contributed by atoms with van der Waals surface area (Å²) in [6.45, 7) is -0.297. The van der Waals surface area contributed by atoms with Crippen LogP contribution in [0.3, 0.4) is 0 Å². The number of nitrogens with two attached hydrogens (primary N) is 1. The summed E-state index contributed by atoms with van der Waals surface area (Å²) < 4.78 is 107. The molecule has 4 heterocycles. The zero-order valence-electron chi connectivity index (χ0n) is 40.7. The molecule has 21 heteroatoms. The Hall–Kier alpha value is -7.92. The standard InChI is InChI=1S/C54H50N4O14S3/c1-73(60,61)70-30-27-66-40-19-15-37(16-20-40)53-48-24-23-47(57-48)52(38-7-4-9-42(33-38)67-28-31-71-74(2,62)63)45(55)12-6-11-44(36-13-17-41(18-14-36)69-35-59)46-21-22-50(56-46)54(51-26-25-49(53)58-51)39-8-5-10-43(34-39)68-29-32-72-75(3,64)65/h4-26,33-35,58H,27-32,55H2,1-3H3. The molecule has 0 amide bonds. The van der Waals surface area contributed by atoms with E-state index < -0.39 is 30.4 Å². The van der Waals surface area contributed by atoms with Gasteiger partial charge >= 0.3 is 0 Å². The van der Waals surface area contributed by atoms with Gasteiger partial charge in [-0.15, -0.1) is 0 Å². The fraction of sp³-hybridized carbons (Fsp3) is 0.167. The second kappa shape index (κ2) is 23.5. The number of fused-ring (bicyclic) bond motifs is 6. The molecule has 0 radical (unpaired) electrons. The summed E-state index contributed by atoms with van der Waals surface area (Å²) in [6.07, 6.45) is 10.4. The topological polar surface area (TPSA) is 252 Å². The van der Waals surface area contributed by atoms with Crippen molar-refractivity contribution in [3.8, 4) is 67.5 Å². The minimum absolute atomic E-state index is 0.0151. The molecule has 2 aliphatic rings. The summed E-state index contributed by atoms with van der Waals surface area (Å²) in [7, 11) is -11.0. The van der Waals surface area contributed by atoms with Gasteiger partial charge < -0.3 is 29.7 Å². The van der Waals surface area contributed by atoms with E-state index >= 15 is 0 Å². The third kappa shape index (κ3) is 14.7. The summed E-state index contributed by atoms with van der Waals surface area (Å²) in [4.78, 5) is 25.3. The number of nitrogens with zero attached hydrogens (tertiary/aromatic N) is 2. The van der Waals surface area contributed by atoms with Crippen LogP contribution in [0.25, 0.3) is 79.8 Å². The molecule has 0 aliphatic carbocycles. The molecule has 6 aromatic rings. The highest BCUT2D eigenvalue weighted by Gasteiger charge is 2.19. The van der Waals surface area contributed by atoms with E-state index in [9.17, 15) is 30.0 Å². The smallest absolute Gasteiger partial charge is 0.298 e. The maximum atomic E-state index is 11.6. The van der Waals surface area contributed by atoms with Crippen molar-refractivity contribution < 1.29 is 61.5 Å². The predicted molar refractivity (Wildman–Crippen MR) is 288 cm³/mol. The van der Waals surface area contributed by atoms with Gasteiger partial charge in [-0.2, -0.15) is 25.3 Å². The first-order valence-electron chi connectivity index (χ1n) is 22.9. The predicted octanol–water partition coefficient (Wildman–Crippen LogP) is 8.59. The van der Waals surface area contributed by atoms with Gasteiger partial charge in [-0.3, -0.25) is 17.3 Å². The molecule has 0 spiro atoms. The van der Waals surface area contributed by atoms with Crippen LogP contribution in [0.4, 0.5) is 5.69 Å². The van der Waals surface area contributed by atoms with Gasteiger partial charge in [0.25, 0.3) is 36.8 Å². The van der Waals surface area contributed by atoms with Crippen LogP contribution in [0.5, 0.6) is 23.0 Å². The lowest BCUT2D eigenvalue weighted by Crippen LogP contribution is -2.11. The van der Waals surface area contributed by atoms with Crippen molar-refractivity contribution in [1.82, 2.24) is 15.0 Å². The maximum absolute atomic E-state index is 11.6. The number of nitrogen functional groups attached to an aromatic ring is 1. The monoisotopic (exact) mass is 1070 g/mol. The number of aromatic nitrogens is 3. The average Bonchev–Trinajstić information content (AvgIpc) is 4.17. The van der Waals surface area contributed by atoms with Gasteiger partial charge in [-0.05, 0) is 113 Å². The van der Waals surface area contributed by atoms with Gasteiger partial charge in [-0.25, -0.2) is 9.97 Å². The number of anilines is 1. The first-order valence-corrected chi connectivity index (χ1v) is 28.4. The van der Waals surface area contributed by atoms with Crippen LogP contribution >= 0.6 is 0 Å². The number of carbonyl (C=O) groups excluding carboxylic acids is 1. The van der Waals surface area contributed by atoms with E-state index in [1.54, 1.807) is 60.7 Å². The number of ether oxygens (including phenoxy) is 4. The molecular formula is C54H50N4O14S3. The van der Waals surface area contributed by atoms with Gasteiger partial charge in [0.2, 0.25) is 0 Å². The molecule has 388 valence electrons. The molecule has 0 unspecified atom stereocenters. The molecule has 4 aromatic carbocycles. The van der Waals surface area contributed by atoms with Crippen LogP contribution in [-0.4, -0.2) is 105 Å². The average molecular weight is 1080 g/mol. The van der Waals surface area contributed by atoms with Crippen LogP contribution in [0, 0.1) is 0 Å². The lowest BCUT2D eigenvalue weighted by molar-refractivity contribution is -0.120. The normalized spacial score (nSPS) is 12.2. The van der Waals surface area contributed by atoms with E-state index in [2.05, 4.69) is 4.98 Å². The van der Waals surface area contributed by atoms with E-state index in [0.717, 1.165) is 29.9 Å². The number of H-pyrrole nitrogens is 1. The van der Waals surface area contributed by atoms with Gasteiger partial charge in [0.1, 0.15) is 62.6 Å². The summed E-state index contributed by atoms with van der Waals surface area (Å²) in [6, 6.07) is 37.9. The molecule has 0 fully saturated rings. The minimum atomic E-state index is -3.68. The molecule has 0 saturated heterocycles. The third-order valence-corrected chi connectivity index (χ3v) is 12.8. The van der Waals surface area contributed by atoms with Gasteiger partial charge in [0.15, 0.2) is 0 Å². The lowest BCUT2D eigenvalue weighted by atomic mass is 10.0. The van der Waals surface area contributed by atoms with E-state index in [0.29, 0.717) is 102 Å². The molecule has 2 aromatic heterocycles. The molecule has 0 atom stereocenters. The summed E-state index contributed by atoms with van der Waals surface area (Å²) in [5.74, 6) is 1.69. The number of hydrogen-bond donors (Lipinski definition) is 2. The zero-order chi connectivity index (χ0) is 53.2. The van der Waals surface area contributed by atoms with E-state index in [4.69, 9.17) is 47.2 Å². The number of rotatable bonds is 21. The molecular weight excluding hydrogens is 1020 g/mol. The molecule has 8 rings (SSSR count). The molecule has 0 saturated carbocycles. The highest BCUT2D eigenvalue weighted by molar-refractivity contribution is 7.86. The zero-order valence-corrected chi connectivity index (χ0v) is 43.1. The van der Waals surface area contributed by atoms with Crippen molar-refractivity contribution in [1.29, 1.82) is 0 Å². The summed E-state index contributed by atoms with van der Waals surface area (Å²) in [5.41, 5.74) is 16.4. The second-order valence-corrected chi connectivity index (χ2v) is 21.6. The van der Waals surface area contributed by atoms with Gasteiger partial charge in [0, 0.05) is 39.0 Å². The molecule has 3 N–H and O–H groups in total. The highest BCUT2D eigenvalue weighted by Crippen LogP contribution is 2.39. The van der Waals surface area contributed by atoms with Crippen LogP contribution in [0.2, 0.25) is 0 Å². The van der Waals surface area contributed by atoms with Crippen LogP contribution in [0.15, 0.2) is 127 Å². The fourth-order valence-electron chi connectivity index (χ4n) is 7.99. The van der Waals surface area contributed by atoms with Crippen molar-refractivity contribution >= 4 is 77.9 Å².